The van der Waals surface area contributed by atoms with Crippen LogP contribution in [0.4, 0.5) is 0 Å². The molecule has 0 saturated carbocycles. The highest BCUT2D eigenvalue weighted by molar-refractivity contribution is 5.72. The Bertz CT molecular complexity index is 772. The van der Waals surface area contributed by atoms with E-state index < -0.39 is 18.0 Å². The van der Waals surface area contributed by atoms with E-state index in [1.165, 1.54) is 0 Å². The van der Waals surface area contributed by atoms with Gasteiger partial charge in [-0.2, -0.15) is 0 Å². The molecule has 2 aromatic rings. The van der Waals surface area contributed by atoms with E-state index in [2.05, 4.69) is 11.1 Å². The molecule has 0 aliphatic carbocycles. The second-order valence-electron chi connectivity index (χ2n) is 6.17. The quantitative estimate of drug-likeness (QED) is 0.930. The Morgan fingerprint density at radius 3 is 2.75 bits per heavy atom. The van der Waals surface area contributed by atoms with E-state index in [0.29, 0.717) is 13.0 Å². The summed E-state index contributed by atoms with van der Waals surface area (Å²) in [6.45, 7) is 4.49. The summed E-state index contributed by atoms with van der Waals surface area (Å²) in [5, 5.41) is 9.36. The summed E-state index contributed by atoms with van der Waals surface area (Å²) in [4.78, 5) is 15.7. The fourth-order valence-electron chi connectivity index (χ4n) is 3.25. The van der Waals surface area contributed by atoms with Gasteiger partial charge in [-0.15, -0.1) is 0 Å². The van der Waals surface area contributed by atoms with Crippen molar-refractivity contribution in [2.75, 3.05) is 13.7 Å². The minimum absolute atomic E-state index is 0.436. The summed E-state index contributed by atoms with van der Waals surface area (Å²) in [6, 6.07) is 6.05. The summed E-state index contributed by atoms with van der Waals surface area (Å²) >= 11 is 0. The fraction of sp³-hybridized carbons (Fsp3) is 0.368. The van der Waals surface area contributed by atoms with Crippen LogP contribution in [0.1, 0.15) is 29.2 Å². The Balaban J connectivity index is 2.00. The Hall–Kier alpha value is -2.40. The van der Waals surface area contributed by atoms with Crippen molar-refractivity contribution in [3.63, 3.8) is 0 Å². The maximum atomic E-state index is 11.4. The molecule has 1 aliphatic rings. The first kappa shape index (κ1) is 16.5. The van der Waals surface area contributed by atoms with Gasteiger partial charge >= 0.3 is 5.97 Å². The smallest absolute Gasteiger partial charge is 0.309 e. The zero-order valence-corrected chi connectivity index (χ0v) is 14.1. The van der Waals surface area contributed by atoms with Crippen molar-refractivity contribution in [3.05, 3.63) is 47.3 Å². The molecule has 3 rings (SSSR count). The van der Waals surface area contributed by atoms with Gasteiger partial charge in [0.1, 0.15) is 5.75 Å². The average molecular weight is 327 g/mol. The first-order valence-corrected chi connectivity index (χ1v) is 7.96. The molecule has 5 nitrogen and oxygen atoms in total. The number of carboxylic acid groups (broad SMARTS) is 1. The number of hydrogen-bond donors (Lipinski definition) is 1. The Labute approximate surface area is 141 Å². The Morgan fingerprint density at radius 2 is 2.04 bits per heavy atom. The molecule has 0 unspecified atom stereocenters. The molecular formula is C19H21NO4. The van der Waals surface area contributed by atoms with Gasteiger partial charge in [-0.3, -0.25) is 9.78 Å². The molecule has 1 aliphatic heterocycles. The molecule has 0 amide bonds. The third-order valence-corrected chi connectivity index (χ3v) is 4.55. The van der Waals surface area contributed by atoms with E-state index in [1.54, 1.807) is 19.5 Å². The highest BCUT2D eigenvalue weighted by Gasteiger charge is 2.35. The van der Waals surface area contributed by atoms with E-state index in [-0.39, 0.29) is 0 Å². The number of hydrogen-bond acceptors (Lipinski definition) is 4. The molecule has 2 atom stereocenters. The van der Waals surface area contributed by atoms with Crippen molar-refractivity contribution >= 4 is 5.97 Å². The highest BCUT2D eigenvalue weighted by atomic mass is 16.5. The molecule has 0 radical (unpaired) electrons. The van der Waals surface area contributed by atoms with Crippen molar-refractivity contribution in [2.24, 2.45) is 5.92 Å². The number of aromatic nitrogens is 1. The number of benzene rings is 1. The third-order valence-electron chi connectivity index (χ3n) is 4.55. The standard InChI is InChI=1S/C19H21NO4/c1-11-7-17(23-3)12(2)6-16(11)13-8-14(10-20-9-13)18-15(19(21)22)4-5-24-18/h6-10,15,18H,4-5H2,1-3H3,(H,21,22)/t15-,18+/m1/s1. The summed E-state index contributed by atoms with van der Waals surface area (Å²) in [5.74, 6) is -0.481. The normalized spacial score (nSPS) is 20.1. The van der Waals surface area contributed by atoms with E-state index in [0.717, 1.165) is 33.6 Å². The number of aryl methyl sites for hydroxylation is 2. The highest BCUT2D eigenvalue weighted by Crippen LogP contribution is 2.37. The summed E-state index contributed by atoms with van der Waals surface area (Å²) in [6.07, 6.45) is 3.59. The minimum atomic E-state index is -0.820. The molecule has 1 N–H and O–H groups in total. The van der Waals surface area contributed by atoms with Crippen molar-refractivity contribution < 1.29 is 19.4 Å². The van der Waals surface area contributed by atoms with Gasteiger partial charge < -0.3 is 14.6 Å². The number of ether oxygens (including phenoxy) is 2. The largest absolute Gasteiger partial charge is 0.496 e. The zero-order chi connectivity index (χ0) is 17.3. The van der Waals surface area contributed by atoms with Gasteiger partial charge in [0.25, 0.3) is 0 Å². The SMILES string of the molecule is COc1cc(C)c(-c2cncc([C@@H]3OCC[C@H]3C(=O)O)c2)cc1C. The lowest BCUT2D eigenvalue weighted by Gasteiger charge is -2.17. The predicted molar refractivity (Wildman–Crippen MR) is 90.1 cm³/mol. The number of aliphatic carboxylic acids is 1. The van der Waals surface area contributed by atoms with E-state index in [1.807, 2.05) is 26.0 Å². The number of nitrogens with zero attached hydrogens (tertiary/aromatic N) is 1. The Kier molecular flexibility index (Phi) is 4.53. The predicted octanol–water partition coefficient (Wildman–Crippen LogP) is 3.54. The third kappa shape index (κ3) is 2.99. The molecule has 0 spiro atoms. The lowest BCUT2D eigenvalue weighted by molar-refractivity contribution is -0.143. The molecule has 2 heterocycles. The molecule has 126 valence electrons. The van der Waals surface area contributed by atoms with Gasteiger partial charge in [0.15, 0.2) is 0 Å². The van der Waals surface area contributed by atoms with Gasteiger partial charge in [0.05, 0.1) is 19.1 Å². The Morgan fingerprint density at radius 1 is 1.25 bits per heavy atom. The second-order valence-corrected chi connectivity index (χ2v) is 6.17. The lowest BCUT2D eigenvalue weighted by atomic mass is 9.93. The summed E-state index contributed by atoms with van der Waals surface area (Å²) in [5.41, 5.74) is 4.95. The second kappa shape index (κ2) is 6.61. The number of carbonyl (C=O) groups is 1. The summed E-state index contributed by atoms with van der Waals surface area (Å²) in [7, 11) is 1.66. The van der Waals surface area contributed by atoms with Gasteiger partial charge in [0, 0.05) is 30.1 Å². The van der Waals surface area contributed by atoms with Gasteiger partial charge in [0.2, 0.25) is 0 Å². The van der Waals surface area contributed by atoms with Crippen molar-refractivity contribution in [2.45, 2.75) is 26.4 Å². The zero-order valence-electron chi connectivity index (χ0n) is 14.1. The van der Waals surface area contributed by atoms with Crippen LogP contribution in [0.15, 0.2) is 30.6 Å². The molecule has 1 saturated heterocycles. The van der Waals surface area contributed by atoms with E-state index >= 15 is 0 Å². The number of carboxylic acids is 1. The maximum absolute atomic E-state index is 11.4. The van der Waals surface area contributed by atoms with Crippen LogP contribution in [0.2, 0.25) is 0 Å². The first-order chi connectivity index (χ1) is 11.5. The topological polar surface area (TPSA) is 68.7 Å². The maximum Gasteiger partial charge on any atom is 0.309 e. The van der Waals surface area contributed by atoms with Gasteiger partial charge in [-0.25, -0.2) is 0 Å². The first-order valence-electron chi connectivity index (χ1n) is 7.96. The van der Waals surface area contributed by atoms with Crippen molar-refractivity contribution in [1.29, 1.82) is 0 Å². The molecule has 1 aromatic heterocycles. The number of rotatable bonds is 4. The molecule has 24 heavy (non-hydrogen) atoms. The molecule has 1 fully saturated rings. The molecule has 1 aromatic carbocycles. The van der Waals surface area contributed by atoms with Crippen LogP contribution in [-0.2, 0) is 9.53 Å². The number of pyridine rings is 1. The van der Waals surface area contributed by atoms with Crippen LogP contribution >= 0.6 is 0 Å². The lowest BCUT2D eigenvalue weighted by Crippen LogP contribution is -2.17. The van der Waals surface area contributed by atoms with Crippen molar-refractivity contribution in [1.82, 2.24) is 4.98 Å². The van der Waals surface area contributed by atoms with Crippen LogP contribution in [0.25, 0.3) is 11.1 Å². The van der Waals surface area contributed by atoms with Gasteiger partial charge in [-0.05, 0) is 55.2 Å². The monoisotopic (exact) mass is 327 g/mol. The van der Waals surface area contributed by atoms with Crippen LogP contribution in [0.5, 0.6) is 5.75 Å². The minimum Gasteiger partial charge on any atom is -0.496 e. The van der Waals surface area contributed by atoms with Crippen LogP contribution in [0.3, 0.4) is 0 Å². The van der Waals surface area contributed by atoms with Gasteiger partial charge in [-0.1, -0.05) is 0 Å². The molecule has 0 bridgehead atoms. The average Bonchev–Trinajstić information content (AvgIpc) is 3.06. The molecular weight excluding hydrogens is 306 g/mol. The van der Waals surface area contributed by atoms with Crippen LogP contribution < -0.4 is 4.74 Å². The van der Waals surface area contributed by atoms with Crippen LogP contribution in [-0.4, -0.2) is 29.8 Å². The van der Waals surface area contributed by atoms with E-state index in [9.17, 15) is 9.90 Å². The van der Waals surface area contributed by atoms with E-state index in [4.69, 9.17) is 9.47 Å². The van der Waals surface area contributed by atoms with Crippen LogP contribution in [0, 0.1) is 19.8 Å². The molecule has 5 heteroatoms. The summed E-state index contributed by atoms with van der Waals surface area (Å²) < 4.78 is 11.0. The number of methoxy groups -OCH3 is 1. The fourth-order valence-corrected chi connectivity index (χ4v) is 3.25. The van der Waals surface area contributed by atoms with Crippen molar-refractivity contribution in [3.8, 4) is 16.9 Å².